The molecule has 0 spiro atoms. The largest absolute Gasteiger partial charge is 0.497 e. The monoisotopic (exact) mass is 481 g/mol. The standard InChI is InChI=1S/C24H20ClN3O4S/c1-13-6-7-18(25)17(10-13)22(29)27-9-8-16-19(12-27)33-21-20(16)23(30)28(24(31)26-21)14-4-3-5-15(11-14)32-2/h3-7,10-11H,8-9,12H2,1-2H3,(H,26,31). The van der Waals surface area contributed by atoms with Crippen molar-refractivity contribution in [2.45, 2.75) is 19.9 Å². The molecule has 1 N–H and O–H groups in total. The molecule has 0 bridgehead atoms. The summed E-state index contributed by atoms with van der Waals surface area (Å²) in [5.74, 6) is 0.407. The summed E-state index contributed by atoms with van der Waals surface area (Å²) in [6.07, 6.45) is 0.518. The number of fused-ring (bicyclic) bond motifs is 3. The highest BCUT2D eigenvalue weighted by molar-refractivity contribution is 7.18. The number of aromatic nitrogens is 2. The van der Waals surface area contributed by atoms with E-state index in [4.69, 9.17) is 16.3 Å². The number of amides is 1. The Morgan fingerprint density at radius 2 is 2.00 bits per heavy atom. The van der Waals surface area contributed by atoms with Crippen molar-refractivity contribution in [1.29, 1.82) is 0 Å². The second kappa shape index (κ2) is 8.20. The van der Waals surface area contributed by atoms with Crippen LogP contribution in [0, 0.1) is 6.92 Å². The lowest BCUT2D eigenvalue weighted by atomic mass is 10.0. The minimum Gasteiger partial charge on any atom is -0.497 e. The molecule has 7 nitrogen and oxygen atoms in total. The van der Waals surface area contributed by atoms with Crippen molar-refractivity contribution in [1.82, 2.24) is 14.5 Å². The van der Waals surface area contributed by atoms with Crippen LogP contribution in [0.2, 0.25) is 5.02 Å². The van der Waals surface area contributed by atoms with Crippen LogP contribution in [0.4, 0.5) is 0 Å². The van der Waals surface area contributed by atoms with Crippen LogP contribution in [0.1, 0.15) is 26.4 Å². The lowest BCUT2D eigenvalue weighted by Crippen LogP contribution is -2.36. The lowest BCUT2D eigenvalue weighted by molar-refractivity contribution is 0.0737. The van der Waals surface area contributed by atoms with Crippen molar-refractivity contribution in [3.8, 4) is 11.4 Å². The Balaban J connectivity index is 1.57. The van der Waals surface area contributed by atoms with E-state index in [1.165, 1.54) is 18.4 Å². The van der Waals surface area contributed by atoms with Gasteiger partial charge in [-0.25, -0.2) is 9.36 Å². The molecule has 0 saturated carbocycles. The quantitative estimate of drug-likeness (QED) is 0.481. The zero-order chi connectivity index (χ0) is 23.3. The lowest BCUT2D eigenvalue weighted by Gasteiger charge is -2.27. The van der Waals surface area contributed by atoms with Gasteiger partial charge in [0.05, 0.1) is 35.3 Å². The fourth-order valence-corrected chi connectivity index (χ4v) is 5.65. The molecule has 0 aliphatic carbocycles. The summed E-state index contributed by atoms with van der Waals surface area (Å²) in [4.78, 5) is 45.3. The van der Waals surface area contributed by atoms with Crippen LogP contribution >= 0.6 is 22.9 Å². The first kappa shape index (κ1) is 21.5. The van der Waals surface area contributed by atoms with Gasteiger partial charge in [-0.1, -0.05) is 29.3 Å². The number of nitrogens with zero attached hydrogens (tertiary/aromatic N) is 2. The normalized spacial score (nSPS) is 13.2. The Labute approximate surface area is 197 Å². The van der Waals surface area contributed by atoms with E-state index in [9.17, 15) is 14.4 Å². The van der Waals surface area contributed by atoms with Gasteiger partial charge < -0.3 is 9.64 Å². The molecule has 0 atom stereocenters. The SMILES string of the molecule is COc1cccc(-n2c(=O)[nH]c3sc4c(c3c2=O)CCN(C(=O)c2cc(C)ccc2Cl)C4)c1. The van der Waals surface area contributed by atoms with Gasteiger partial charge in [-0.15, -0.1) is 11.3 Å². The molecule has 1 amide bonds. The fraction of sp³-hybridized carbons (Fsp3) is 0.208. The molecule has 9 heteroatoms. The Morgan fingerprint density at radius 3 is 2.79 bits per heavy atom. The van der Waals surface area contributed by atoms with Crippen LogP contribution in [0.15, 0.2) is 52.1 Å². The van der Waals surface area contributed by atoms with Crippen molar-refractivity contribution in [2.75, 3.05) is 13.7 Å². The maximum Gasteiger partial charge on any atom is 0.334 e. The number of rotatable bonds is 3. The van der Waals surface area contributed by atoms with E-state index in [1.807, 2.05) is 13.0 Å². The molecule has 33 heavy (non-hydrogen) atoms. The molecule has 168 valence electrons. The van der Waals surface area contributed by atoms with Crippen molar-refractivity contribution in [2.24, 2.45) is 0 Å². The van der Waals surface area contributed by atoms with Gasteiger partial charge in [0.25, 0.3) is 11.5 Å². The number of benzene rings is 2. The second-order valence-electron chi connectivity index (χ2n) is 7.94. The molecule has 1 aliphatic heterocycles. The number of nitrogens with one attached hydrogen (secondary N) is 1. The number of halogens is 1. The predicted molar refractivity (Wildman–Crippen MR) is 129 cm³/mol. The summed E-state index contributed by atoms with van der Waals surface area (Å²) in [5, 5.41) is 0.913. The molecule has 0 unspecified atom stereocenters. The summed E-state index contributed by atoms with van der Waals surface area (Å²) < 4.78 is 6.36. The first-order valence-corrected chi connectivity index (χ1v) is 11.6. The van der Waals surface area contributed by atoms with E-state index in [-0.39, 0.29) is 11.5 Å². The van der Waals surface area contributed by atoms with E-state index in [1.54, 1.807) is 41.3 Å². The number of aromatic amines is 1. The van der Waals surface area contributed by atoms with Crippen molar-refractivity contribution in [3.63, 3.8) is 0 Å². The highest BCUT2D eigenvalue weighted by atomic mass is 35.5. The average Bonchev–Trinajstić information content (AvgIpc) is 3.17. The summed E-state index contributed by atoms with van der Waals surface area (Å²) >= 11 is 7.62. The van der Waals surface area contributed by atoms with E-state index >= 15 is 0 Å². The van der Waals surface area contributed by atoms with Gasteiger partial charge in [0.15, 0.2) is 0 Å². The topological polar surface area (TPSA) is 84.4 Å². The first-order valence-electron chi connectivity index (χ1n) is 10.4. The number of methoxy groups -OCH3 is 1. The summed E-state index contributed by atoms with van der Waals surface area (Å²) in [7, 11) is 1.53. The van der Waals surface area contributed by atoms with Gasteiger partial charge in [0.2, 0.25) is 0 Å². The van der Waals surface area contributed by atoms with Gasteiger partial charge >= 0.3 is 5.69 Å². The predicted octanol–water partition coefficient (Wildman–Crippen LogP) is 3.91. The van der Waals surface area contributed by atoms with E-state index in [0.717, 1.165) is 20.6 Å². The minimum absolute atomic E-state index is 0.144. The Morgan fingerprint density at radius 1 is 1.18 bits per heavy atom. The number of hydrogen-bond acceptors (Lipinski definition) is 5. The molecule has 5 rings (SSSR count). The smallest absolute Gasteiger partial charge is 0.334 e. The van der Waals surface area contributed by atoms with Crippen LogP contribution < -0.4 is 16.0 Å². The number of aryl methyl sites for hydroxylation is 1. The van der Waals surface area contributed by atoms with Gasteiger partial charge in [-0.3, -0.25) is 14.6 Å². The molecule has 2 aromatic heterocycles. The van der Waals surface area contributed by atoms with Crippen LogP contribution in [0.25, 0.3) is 15.9 Å². The minimum atomic E-state index is -0.515. The van der Waals surface area contributed by atoms with E-state index < -0.39 is 5.69 Å². The summed E-state index contributed by atoms with van der Waals surface area (Å²) in [6, 6.07) is 12.2. The molecule has 0 saturated heterocycles. The zero-order valence-corrected chi connectivity index (χ0v) is 19.5. The molecule has 1 aliphatic rings. The third-order valence-corrected chi connectivity index (χ3v) is 7.31. The number of H-pyrrole nitrogens is 1. The number of thiophene rings is 1. The summed E-state index contributed by atoms with van der Waals surface area (Å²) in [5.41, 5.74) is 1.85. The molecule has 2 aromatic carbocycles. The van der Waals surface area contributed by atoms with Gasteiger partial charge in [-0.2, -0.15) is 0 Å². The zero-order valence-electron chi connectivity index (χ0n) is 18.0. The fourth-order valence-electron chi connectivity index (χ4n) is 4.21. The van der Waals surface area contributed by atoms with Crippen LogP contribution in [0.3, 0.4) is 0 Å². The van der Waals surface area contributed by atoms with Gasteiger partial charge in [0.1, 0.15) is 10.6 Å². The first-order chi connectivity index (χ1) is 15.9. The maximum absolute atomic E-state index is 13.4. The third-order valence-electron chi connectivity index (χ3n) is 5.85. The highest BCUT2D eigenvalue weighted by Gasteiger charge is 2.28. The molecule has 0 fully saturated rings. The second-order valence-corrected chi connectivity index (χ2v) is 9.45. The van der Waals surface area contributed by atoms with Gasteiger partial charge in [-0.05, 0) is 43.2 Å². The Hall–Kier alpha value is -3.36. The van der Waals surface area contributed by atoms with Crippen LogP contribution in [-0.4, -0.2) is 34.0 Å². The van der Waals surface area contributed by atoms with Crippen LogP contribution in [-0.2, 0) is 13.0 Å². The molecule has 4 aromatic rings. The van der Waals surface area contributed by atoms with E-state index in [2.05, 4.69) is 4.98 Å². The van der Waals surface area contributed by atoms with E-state index in [0.29, 0.717) is 51.7 Å². The number of ether oxygens (including phenoxy) is 1. The number of carbonyl (C=O) groups is 1. The number of carbonyl (C=O) groups excluding carboxylic acids is 1. The average molecular weight is 482 g/mol. The highest BCUT2D eigenvalue weighted by Crippen LogP contribution is 2.33. The molecular formula is C24H20ClN3O4S. The number of hydrogen-bond donors (Lipinski definition) is 1. The van der Waals surface area contributed by atoms with Crippen molar-refractivity contribution >= 4 is 39.1 Å². The van der Waals surface area contributed by atoms with Gasteiger partial charge in [0, 0.05) is 17.5 Å². The molecule has 3 heterocycles. The summed E-state index contributed by atoms with van der Waals surface area (Å²) in [6.45, 7) is 2.73. The molecule has 0 radical (unpaired) electrons. The molecular weight excluding hydrogens is 462 g/mol. The Kier molecular flexibility index (Phi) is 5.34. The maximum atomic E-state index is 13.4. The van der Waals surface area contributed by atoms with Crippen molar-refractivity contribution in [3.05, 3.63) is 89.9 Å². The van der Waals surface area contributed by atoms with Crippen molar-refractivity contribution < 1.29 is 9.53 Å². The van der Waals surface area contributed by atoms with Crippen LogP contribution in [0.5, 0.6) is 5.75 Å². The Bertz CT molecular complexity index is 1540. The third kappa shape index (κ3) is 3.65.